The summed E-state index contributed by atoms with van der Waals surface area (Å²) in [5.41, 5.74) is 3.16. The summed E-state index contributed by atoms with van der Waals surface area (Å²) in [5.74, 6) is -0.140. The van der Waals surface area contributed by atoms with E-state index in [4.69, 9.17) is 0 Å². The summed E-state index contributed by atoms with van der Waals surface area (Å²) in [6.45, 7) is 3.93. The Kier molecular flexibility index (Phi) is 3.81. The lowest BCUT2D eigenvalue weighted by Crippen LogP contribution is -2.14. The average Bonchev–Trinajstić information content (AvgIpc) is 3.01. The minimum absolute atomic E-state index is 0.0609. The molecule has 0 aliphatic carbocycles. The number of thiophene rings is 1. The molecule has 1 amide bonds. The lowest BCUT2D eigenvalue weighted by molar-refractivity contribution is 0.103. The number of aromatic nitrogens is 1. The van der Waals surface area contributed by atoms with Gasteiger partial charge in [0.1, 0.15) is 0 Å². The molecule has 0 saturated carbocycles. The average molecular weight is 312 g/mol. The minimum Gasteiger partial charge on any atom is -0.322 e. The van der Waals surface area contributed by atoms with E-state index < -0.39 is 0 Å². The van der Waals surface area contributed by atoms with Crippen LogP contribution in [0.25, 0.3) is 10.9 Å². The Labute approximate surface area is 131 Å². The second-order valence-electron chi connectivity index (χ2n) is 5.10. The van der Waals surface area contributed by atoms with Gasteiger partial charge >= 0.3 is 0 Å². The molecule has 0 radical (unpaired) electrons. The summed E-state index contributed by atoms with van der Waals surface area (Å²) in [6, 6.07) is 9.21. The van der Waals surface area contributed by atoms with Gasteiger partial charge in [-0.05, 0) is 42.5 Å². The third kappa shape index (κ3) is 2.55. The normalized spacial score (nSPS) is 10.8. The number of rotatable bonds is 3. The van der Waals surface area contributed by atoms with Gasteiger partial charge in [0, 0.05) is 16.6 Å². The number of fused-ring (bicyclic) bond motifs is 1. The van der Waals surface area contributed by atoms with E-state index in [1.807, 2.05) is 37.4 Å². The molecule has 0 aliphatic heterocycles. The molecule has 0 fully saturated rings. The first-order valence-corrected chi connectivity index (χ1v) is 7.98. The maximum absolute atomic E-state index is 12.1. The van der Waals surface area contributed by atoms with Crippen molar-refractivity contribution in [2.45, 2.75) is 20.3 Å². The molecule has 0 spiro atoms. The van der Waals surface area contributed by atoms with Gasteiger partial charge in [-0.25, -0.2) is 0 Å². The predicted octanol–water partition coefficient (Wildman–Crippen LogP) is 3.71. The van der Waals surface area contributed by atoms with Gasteiger partial charge in [-0.3, -0.25) is 9.59 Å². The smallest absolute Gasteiger partial charge is 0.265 e. The maximum Gasteiger partial charge on any atom is 0.265 e. The Hall–Kier alpha value is -2.40. The molecule has 0 atom stereocenters. The quantitative estimate of drug-likeness (QED) is 0.774. The molecule has 2 aromatic heterocycles. The zero-order valence-electron chi connectivity index (χ0n) is 12.4. The van der Waals surface area contributed by atoms with Crippen LogP contribution in [0.3, 0.4) is 0 Å². The lowest BCUT2D eigenvalue weighted by atomic mass is 10.0. The van der Waals surface area contributed by atoms with Crippen LogP contribution in [-0.2, 0) is 6.42 Å². The summed E-state index contributed by atoms with van der Waals surface area (Å²) in [5, 5.41) is 5.72. The summed E-state index contributed by atoms with van der Waals surface area (Å²) in [7, 11) is 0. The lowest BCUT2D eigenvalue weighted by Gasteiger charge is -2.09. The maximum atomic E-state index is 12.1. The molecule has 0 bridgehead atoms. The minimum atomic E-state index is -0.140. The van der Waals surface area contributed by atoms with E-state index in [0.29, 0.717) is 17.0 Å². The molecule has 112 valence electrons. The van der Waals surface area contributed by atoms with Crippen molar-refractivity contribution in [2.75, 3.05) is 5.32 Å². The van der Waals surface area contributed by atoms with Gasteiger partial charge in [0.15, 0.2) is 0 Å². The Morgan fingerprint density at radius 1 is 1.32 bits per heavy atom. The van der Waals surface area contributed by atoms with Crippen LogP contribution in [0.1, 0.15) is 27.7 Å². The highest BCUT2D eigenvalue weighted by Gasteiger charge is 2.10. The molecule has 5 heteroatoms. The molecular formula is C17H16N2O2S. The predicted molar refractivity (Wildman–Crippen MR) is 91.0 cm³/mol. The van der Waals surface area contributed by atoms with Gasteiger partial charge in [-0.2, -0.15) is 0 Å². The van der Waals surface area contributed by atoms with Gasteiger partial charge in [0.25, 0.3) is 11.5 Å². The first-order chi connectivity index (χ1) is 10.6. The highest BCUT2D eigenvalue weighted by molar-refractivity contribution is 7.12. The Bertz CT molecular complexity index is 895. The van der Waals surface area contributed by atoms with E-state index in [1.165, 1.54) is 11.3 Å². The van der Waals surface area contributed by atoms with Crippen molar-refractivity contribution < 1.29 is 4.79 Å². The van der Waals surface area contributed by atoms with Crippen LogP contribution in [-0.4, -0.2) is 10.9 Å². The van der Waals surface area contributed by atoms with Crippen LogP contribution in [0.15, 0.2) is 40.5 Å². The van der Waals surface area contributed by atoms with Gasteiger partial charge in [0.05, 0.1) is 10.4 Å². The Balaban J connectivity index is 2.00. The second kappa shape index (κ2) is 5.77. The van der Waals surface area contributed by atoms with Crippen molar-refractivity contribution in [3.05, 3.63) is 62.1 Å². The summed E-state index contributed by atoms with van der Waals surface area (Å²) < 4.78 is 0. The number of nitrogens with one attached hydrogen (secondary N) is 2. The number of pyridine rings is 1. The number of anilines is 1. The molecule has 0 saturated heterocycles. The summed E-state index contributed by atoms with van der Waals surface area (Å²) >= 11 is 1.39. The van der Waals surface area contributed by atoms with Crippen LogP contribution < -0.4 is 10.9 Å². The van der Waals surface area contributed by atoms with Crippen molar-refractivity contribution >= 4 is 33.8 Å². The molecule has 0 unspecified atom stereocenters. The van der Waals surface area contributed by atoms with Crippen LogP contribution in [0.5, 0.6) is 0 Å². The number of aryl methyl sites for hydroxylation is 1. The van der Waals surface area contributed by atoms with E-state index in [9.17, 15) is 9.59 Å². The number of aromatic amines is 1. The summed E-state index contributed by atoms with van der Waals surface area (Å²) in [6.07, 6.45) is 0.702. The first kappa shape index (κ1) is 14.5. The number of carbonyl (C=O) groups is 1. The highest BCUT2D eigenvalue weighted by Crippen LogP contribution is 2.22. The number of amides is 1. The monoisotopic (exact) mass is 312 g/mol. The third-order valence-corrected chi connectivity index (χ3v) is 4.62. The largest absolute Gasteiger partial charge is 0.322 e. The van der Waals surface area contributed by atoms with Gasteiger partial charge in [-0.1, -0.05) is 19.1 Å². The number of hydrogen-bond donors (Lipinski definition) is 2. The van der Waals surface area contributed by atoms with E-state index >= 15 is 0 Å². The summed E-state index contributed by atoms with van der Waals surface area (Å²) in [4.78, 5) is 27.7. The molecule has 2 N–H and O–H groups in total. The fourth-order valence-corrected chi connectivity index (χ4v) is 3.23. The van der Waals surface area contributed by atoms with E-state index in [-0.39, 0.29) is 11.5 Å². The molecule has 2 heterocycles. The van der Waals surface area contributed by atoms with Crippen molar-refractivity contribution in [3.63, 3.8) is 0 Å². The fourth-order valence-electron chi connectivity index (χ4n) is 2.61. The second-order valence-corrected chi connectivity index (χ2v) is 6.05. The number of H-pyrrole nitrogens is 1. The number of hydrogen-bond acceptors (Lipinski definition) is 3. The van der Waals surface area contributed by atoms with Gasteiger partial charge < -0.3 is 10.3 Å². The van der Waals surface area contributed by atoms with Gasteiger partial charge in [-0.15, -0.1) is 11.3 Å². The fraction of sp³-hybridized carbons (Fsp3) is 0.176. The van der Waals surface area contributed by atoms with Crippen molar-refractivity contribution in [2.24, 2.45) is 0 Å². The van der Waals surface area contributed by atoms with E-state index in [1.54, 1.807) is 12.1 Å². The Morgan fingerprint density at radius 3 is 2.82 bits per heavy atom. The van der Waals surface area contributed by atoms with Crippen molar-refractivity contribution in [1.82, 2.24) is 4.98 Å². The van der Waals surface area contributed by atoms with Gasteiger partial charge in [0.2, 0.25) is 0 Å². The highest BCUT2D eigenvalue weighted by atomic mass is 32.1. The molecule has 0 aliphatic rings. The molecule has 4 nitrogen and oxygen atoms in total. The van der Waals surface area contributed by atoms with Crippen molar-refractivity contribution in [1.29, 1.82) is 0 Å². The zero-order valence-corrected chi connectivity index (χ0v) is 13.2. The van der Waals surface area contributed by atoms with Crippen LogP contribution in [0, 0.1) is 6.92 Å². The SMILES string of the molecule is CCc1c(C)c2ccc(NC(=O)c3cccs3)cc2[nH]c1=O. The molecule has 22 heavy (non-hydrogen) atoms. The van der Waals surface area contributed by atoms with E-state index in [0.717, 1.165) is 22.0 Å². The molecular weight excluding hydrogens is 296 g/mol. The number of carbonyl (C=O) groups excluding carboxylic acids is 1. The molecule has 3 aromatic rings. The molecule has 1 aromatic carbocycles. The molecule has 3 rings (SSSR count). The van der Waals surface area contributed by atoms with Crippen molar-refractivity contribution in [3.8, 4) is 0 Å². The topological polar surface area (TPSA) is 62.0 Å². The van der Waals surface area contributed by atoms with E-state index in [2.05, 4.69) is 10.3 Å². The first-order valence-electron chi connectivity index (χ1n) is 7.10. The van der Waals surface area contributed by atoms with Crippen LogP contribution in [0.2, 0.25) is 0 Å². The van der Waals surface area contributed by atoms with Crippen LogP contribution >= 0.6 is 11.3 Å². The third-order valence-electron chi connectivity index (χ3n) is 3.75. The standard InChI is InChI=1S/C17H16N2O2S/c1-3-12-10(2)13-7-6-11(9-14(13)19-16(12)20)18-17(21)15-5-4-8-22-15/h4-9H,3H2,1-2H3,(H,18,21)(H,19,20). The zero-order chi connectivity index (χ0) is 15.7. The Morgan fingerprint density at radius 2 is 2.14 bits per heavy atom. The van der Waals surface area contributed by atoms with Crippen LogP contribution in [0.4, 0.5) is 5.69 Å². The number of benzene rings is 1.